The van der Waals surface area contributed by atoms with Gasteiger partial charge in [0.25, 0.3) is 0 Å². The molecule has 1 aromatic heterocycles. The second kappa shape index (κ2) is 10.7. The van der Waals surface area contributed by atoms with Crippen molar-refractivity contribution in [2.45, 2.75) is 40.5 Å². The van der Waals surface area contributed by atoms with Gasteiger partial charge in [-0.2, -0.15) is 0 Å². The zero-order chi connectivity index (χ0) is 22.4. The van der Waals surface area contributed by atoms with Crippen LogP contribution in [-0.4, -0.2) is 54.4 Å². The SMILES string of the molecule is CCN(CC)c1ccc(NC(=O)C2CCCN(CC(=O)Nc3nc(C)c(C)s3)C2)cc1. The number of nitrogens with one attached hydrogen (secondary N) is 2. The molecule has 1 atom stereocenters. The Labute approximate surface area is 188 Å². The van der Waals surface area contributed by atoms with Crippen LogP contribution >= 0.6 is 11.3 Å². The summed E-state index contributed by atoms with van der Waals surface area (Å²) in [7, 11) is 0. The molecule has 0 bridgehead atoms. The van der Waals surface area contributed by atoms with Crippen LogP contribution in [0.2, 0.25) is 0 Å². The number of rotatable bonds is 8. The van der Waals surface area contributed by atoms with Crippen molar-refractivity contribution in [3.63, 3.8) is 0 Å². The van der Waals surface area contributed by atoms with Crippen LogP contribution in [0.5, 0.6) is 0 Å². The Hall–Kier alpha value is -2.45. The lowest BCUT2D eigenvalue weighted by Crippen LogP contribution is -2.43. The Balaban J connectivity index is 1.51. The number of nitrogens with zero attached hydrogens (tertiary/aromatic N) is 3. The molecule has 1 saturated heterocycles. The van der Waals surface area contributed by atoms with E-state index in [2.05, 4.69) is 39.3 Å². The Morgan fingerprint density at radius 1 is 1.16 bits per heavy atom. The molecule has 168 valence electrons. The summed E-state index contributed by atoms with van der Waals surface area (Å²) in [6.45, 7) is 11.8. The van der Waals surface area contributed by atoms with Crippen LogP contribution in [-0.2, 0) is 9.59 Å². The number of benzene rings is 1. The molecular weight excluding hydrogens is 410 g/mol. The second-order valence-electron chi connectivity index (χ2n) is 7.99. The maximum Gasteiger partial charge on any atom is 0.240 e. The molecule has 1 unspecified atom stereocenters. The molecule has 0 aliphatic carbocycles. The van der Waals surface area contributed by atoms with Gasteiger partial charge in [0.05, 0.1) is 18.2 Å². The van der Waals surface area contributed by atoms with E-state index in [1.807, 2.05) is 38.1 Å². The van der Waals surface area contributed by atoms with E-state index in [1.54, 1.807) is 0 Å². The van der Waals surface area contributed by atoms with Gasteiger partial charge in [-0.3, -0.25) is 14.5 Å². The first-order chi connectivity index (χ1) is 14.9. The summed E-state index contributed by atoms with van der Waals surface area (Å²) in [5.74, 6) is -0.179. The van der Waals surface area contributed by atoms with Crippen molar-refractivity contribution in [3.05, 3.63) is 34.8 Å². The number of likely N-dealkylation sites (tertiary alicyclic amines) is 1. The molecule has 8 heteroatoms. The number of anilines is 3. The first-order valence-corrected chi connectivity index (χ1v) is 11.8. The Bertz CT molecular complexity index is 872. The lowest BCUT2D eigenvalue weighted by Gasteiger charge is -2.31. The van der Waals surface area contributed by atoms with E-state index in [9.17, 15) is 9.59 Å². The normalized spacial score (nSPS) is 16.7. The maximum absolute atomic E-state index is 12.8. The highest BCUT2D eigenvalue weighted by molar-refractivity contribution is 7.15. The van der Waals surface area contributed by atoms with Gasteiger partial charge in [-0.25, -0.2) is 4.98 Å². The first-order valence-electron chi connectivity index (χ1n) is 11.0. The number of hydrogen-bond acceptors (Lipinski definition) is 6. The number of aryl methyl sites for hydroxylation is 2. The van der Waals surface area contributed by atoms with E-state index < -0.39 is 0 Å². The molecule has 0 saturated carbocycles. The van der Waals surface area contributed by atoms with Crippen molar-refractivity contribution < 1.29 is 9.59 Å². The number of amides is 2. The van der Waals surface area contributed by atoms with Crippen molar-refractivity contribution in [1.82, 2.24) is 9.88 Å². The van der Waals surface area contributed by atoms with Crippen LogP contribution in [0.15, 0.2) is 24.3 Å². The molecule has 1 aliphatic heterocycles. The van der Waals surface area contributed by atoms with Gasteiger partial charge in [0.2, 0.25) is 11.8 Å². The number of piperidine rings is 1. The van der Waals surface area contributed by atoms with Crippen molar-refractivity contribution in [3.8, 4) is 0 Å². The Morgan fingerprint density at radius 3 is 2.48 bits per heavy atom. The van der Waals surface area contributed by atoms with E-state index in [1.165, 1.54) is 11.3 Å². The second-order valence-corrected chi connectivity index (χ2v) is 9.19. The molecule has 1 aromatic carbocycles. The third-order valence-electron chi connectivity index (χ3n) is 5.78. The van der Waals surface area contributed by atoms with Crippen molar-refractivity contribution in [1.29, 1.82) is 0 Å². The van der Waals surface area contributed by atoms with Crippen LogP contribution in [0.25, 0.3) is 0 Å². The van der Waals surface area contributed by atoms with Gasteiger partial charge < -0.3 is 15.5 Å². The molecule has 1 fully saturated rings. The first kappa shape index (κ1) is 23.2. The zero-order valence-corrected chi connectivity index (χ0v) is 19.7. The van der Waals surface area contributed by atoms with Gasteiger partial charge >= 0.3 is 0 Å². The highest BCUT2D eigenvalue weighted by atomic mass is 32.1. The lowest BCUT2D eigenvalue weighted by molar-refractivity contribution is -0.123. The van der Waals surface area contributed by atoms with E-state index in [4.69, 9.17) is 0 Å². The van der Waals surface area contributed by atoms with Gasteiger partial charge in [-0.05, 0) is 71.3 Å². The molecule has 31 heavy (non-hydrogen) atoms. The zero-order valence-electron chi connectivity index (χ0n) is 18.9. The summed E-state index contributed by atoms with van der Waals surface area (Å²) in [5.41, 5.74) is 2.91. The van der Waals surface area contributed by atoms with Crippen LogP contribution in [0.1, 0.15) is 37.3 Å². The van der Waals surface area contributed by atoms with Gasteiger partial charge in [-0.15, -0.1) is 11.3 Å². The number of carbonyl (C=O) groups is 2. The summed E-state index contributed by atoms with van der Waals surface area (Å²) in [4.78, 5) is 35.0. The Kier molecular flexibility index (Phi) is 8.03. The van der Waals surface area contributed by atoms with Crippen molar-refractivity contribution >= 4 is 39.7 Å². The minimum absolute atomic E-state index is 0.0203. The standard InChI is InChI=1S/C23H33N5O2S/c1-5-28(6-2)20-11-9-19(10-12-20)25-22(30)18-8-7-13-27(14-18)15-21(29)26-23-24-16(3)17(4)31-23/h9-12,18H,5-8,13-15H2,1-4H3,(H,25,30)(H,24,26,29). The number of carbonyl (C=O) groups excluding carboxylic acids is 2. The van der Waals surface area contributed by atoms with Gasteiger partial charge in [-0.1, -0.05) is 0 Å². The smallest absolute Gasteiger partial charge is 0.240 e. The molecular formula is C23H33N5O2S. The quantitative estimate of drug-likeness (QED) is 0.647. The van der Waals surface area contributed by atoms with E-state index >= 15 is 0 Å². The van der Waals surface area contributed by atoms with Gasteiger partial charge in [0.1, 0.15) is 0 Å². The summed E-state index contributed by atoms with van der Waals surface area (Å²) < 4.78 is 0. The number of hydrogen-bond donors (Lipinski definition) is 2. The highest BCUT2D eigenvalue weighted by Gasteiger charge is 2.27. The molecule has 3 rings (SSSR count). The average molecular weight is 444 g/mol. The fraction of sp³-hybridized carbons (Fsp3) is 0.522. The molecule has 2 aromatic rings. The van der Waals surface area contributed by atoms with Crippen LogP contribution < -0.4 is 15.5 Å². The fourth-order valence-corrected chi connectivity index (χ4v) is 4.72. The summed E-state index contributed by atoms with van der Waals surface area (Å²) in [5, 5.41) is 6.56. The number of aromatic nitrogens is 1. The molecule has 0 radical (unpaired) electrons. The van der Waals surface area contributed by atoms with E-state index in [0.717, 1.165) is 54.4 Å². The van der Waals surface area contributed by atoms with Crippen LogP contribution in [0.3, 0.4) is 0 Å². The molecule has 0 spiro atoms. The van der Waals surface area contributed by atoms with Crippen LogP contribution in [0.4, 0.5) is 16.5 Å². The topological polar surface area (TPSA) is 77.6 Å². The van der Waals surface area contributed by atoms with Gasteiger partial charge in [0.15, 0.2) is 5.13 Å². The monoisotopic (exact) mass is 443 g/mol. The molecule has 2 N–H and O–H groups in total. The van der Waals surface area contributed by atoms with Crippen molar-refractivity contribution in [2.75, 3.05) is 48.3 Å². The summed E-state index contributed by atoms with van der Waals surface area (Å²) >= 11 is 1.49. The molecule has 1 aliphatic rings. The fourth-order valence-electron chi connectivity index (χ4n) is 3.89. The molecule has 2 amide bonds. The Morgan fingerprint density at radius 2 is 1.87 bits per heavy atom. The predicted octanol–water partition coefficient (Wildman–Crippen LogP) is 3.90. The summed E-state index contributed by atoms with van der Waals surface area (Å²) in [6, 6.07) is 8.00. The van der Waals surface area contributed by atoms with Crippen molar-refractivity contribution in [2.24, 2.45) is 5.92 Å². The minimum atomic E-state index is -0.117. The third kappa shape index (κ3) is 6.27. The average Bonchev–Trinajstić information content (AvgIpc) is 3.06. The highest BCUT2D eigenvalue weighted by Crippen LogP contribution is 2.23. The predicted molar refractivity (Wildman–Crippen MR) is 128 cm³/mol. The third-order valence-corrected chi connectivity index (χ3v) is 6.77. The van der Waals surface area contributed by atoms with Gasteiger partial charge in [0, 0.05) is 35.9 Å². The van der Waals surface area contributed by atoms with Crippen LogP contribution in [0, 0.1) is 19.8 Å². The minimum Gasteiger partial charge on any atom is -0.372 e. The maximum atomic E-state index is 12.8. The molecule has 2 heterocycles. The summed E-state index contributed by atoms with van der Waals surface area (Å²) in [6.07, 6.45) is 1.74. The largest absolute Gasteiger partial charge is 0.372 e. The lowest BCUT2D eigenvalue weighted by atomic mass is 9.97. The molecule has 7 nitrogen and oxygen atoms in total. The van der Waals surface area contributed by atoms with E-state index in [-0.39, 0.29) is 24.3 Å². The van der Waals surface area contributed by atoms with E-state index in [0.29, 0.717) is 11.7 Å². The number of thiazole rings is 1.